The number of rotatable bonds is 4. The lowest BCUT2D eigenvalue weighted by molar-refractivity contribution is 0.348. The van der Waals surface area contributed by atoms with Crippen molar-refractivity contribution in [2.45, 2.75) is 87.0 Å². The standard InChI is InChI=1S/C24H26.C20H24/c1-15-7-11-21(12-8-15)23-17(3)19(5)24(20(6)18(23)4)22-13-9-16(2)10-14-22;1-15-3-7-17(8-4-15)19-11-13-20(14-12-19)18-9-5-16(2)6-10-18/h7-14H,1-6H3;3-4,7-8,11-14,16,18H,5-6,9-10H2,1-2H3. The molecule has 0 spiro atoms. The van der Waals surface area contributed by atoms with Crippen LogP contribution in [0, 0.1) is 54.4 Å². The molecule has 0 bridgehead atoms. The zero-order chi connectivity index (χ0) is 31.4. The van der Waals surface area contributed by atoms with Crippen LogP contribution in [0.15, 0.2) is 97.1 Å². The first-order valence-corrected chi connectivity index (χ1v) is 16.5. The average molecular weight is 579 g/mol. The van der Waals surface area contributed by atoms with Crippen molar-refractivity contribution in [3.05, 3.63) is 142 Å². The Morgan fingerprint density at radius 3 is 1.00 bits per heavy atom. The molecule has 1 saturated carbocycles. The molecule has 226 valence electrons. The van der Waals surface area contributed by atoms with Gasteiger partial charge in [0.05, 0.1) is 0 Å². The summed E-state index contributed by atoms with van der Waals surface area (Å²) in [5.74, 6) is 1.72. The van der Waals surface area contributed by atoms with Gasteiger partial charge in [0.1, 0.15) is 0 Å². The molecule has 0 aliphatic heterocycles. The molecular weight excluding hydrogens is 528 g/mol. The van der Waals surface area contributed by atoms with Gasteiger partial charge < -0.3 is 0 Å². The second kappa shape index (κ2) is 13.8. The van der Waals surface area contributed by atoms with Crippen molar-refractivity contribution in [1.29, 1.82) is 0 Å². The molecule has 0 nitrogen and oxygen atoms in total. The van der Waals surface area contributed by atoms with E-state index in [-0.39, 0.29) is 0 Å². The summed E-state index contributed by atoms with van der Waals surface area (Å²) in [5, 5.41) is 0. The zero-order valence-corrected chi connectivity index (χ0v) is 28.2. The van der Waals surface area contributed by atoms with Crippen LogP contribution in [0.2, 0.25) is 0 Å². The van der Waals surface area contributed by atoms with E-state index in [2.05, 4.69) is 152 Å². The molecule has 5 aromatic rings. The average Bonchev–Trinajstić information content (AvgIpc) is 3.03. The molecule has 0 heteroatoms. The second-order valence-electron chi connectivity index (χ2n) is 13.4. The van der Waals surface area contributed by atoms with Crippen molar-refractivity contribution in [2.75, 3.05) is 0 Å². The molecule has 44 heavy (non-hydrogen) atoms. The van der Waals surface area contributed by atoms with Crippen molar-refractivity contribution < 1.29 is 0 Å². The zero-order valence-electron chi connectivity index (χ0n) is 28.2. The highest BCUT2D eigenvalue weighted by molar-refractivity contribution is 5.82. The van der Waals surface area contributed by atoms with E-state index in [1.807, 2.05) is 0 Å². The Balaban J connectivity index is 0.000000177. The predicted molar refractivity (Wildman–Crippen MR) is 193 cm³/mol. The minimum Gasteiger partial charge on any atom is -0.0625 e. The maximum Gasteiger partial charge on any atom is -0.0120 e. The lowest BCUT2D eigenvalue weighted by atomic mass is 9.79. The Labute approximate surface area is 267 Å². The van der Waals surface area contributed by atoms with Crippen LogP contribution in [0.4, 0.5) is 0 Å². The molecule has 0 aromatic heterocycles. The van der Waals surface area contributed by atoms with E-state index < -0.39 is 0 Å². The van der Waals surface area contributed by atoms with Crippen LogP contribution in [-0.2, 0) is 0 Å². The van der Waals surface area contributed by atoms with Gasteiger partial charge in [-0.05, 0) is 134 Å². The van der Waals surface area contributed by atoms with Gasteiger partial charge in [-0.15, -0.1) is 0 Å². The van der Waals surface area contributed by atoms with Crippen LogP contribution in [0.25, 0.3) is 33.4 Å². The highest BCUT2D eigenvalue weighted by Gasteiger charge is 2.20. The monoisotopic (exact) mass is 578 g/mol. The van der Waals surface area contributed by atoms with Gasteiger partial charge in [0.15, 0.2) is 0 Å². The first-order valence-electron chi connectivity index (χ1n) is 16.5. The molecule has 6 rings (SSSR count). The molecule has 0 atom stereocenters. The Morgan fingerprint density at radius 2 is 0.659 bits per heavy atom. The quantitative estimate of drug-likeness (QED) is 0.199. The molecular formula is C44H50. The molecule has 1 fully saturated rings. The van der Waals surface area contributed by atoms with Crippen LogP contribution in [0.1, 0.15) is 83.0 Å². The smallest absolute Gasteiger partial charge is 0.0120 e. The van der Waals surface area contributed by atoms with E-state index in [4.69, 9.17) is 0 Å². The van der Waals surface area contributed by atoms with E-state index in [0.29, 0.717) is 0 Å². The Hall–Kier alpha value is -3.90. The van der Waals surface area contributed by atoms with Crippen LogP contribution >= 0.6 is 0 Å². The Morgan fingerprint density at radius 1 is 0.364 bits per heavy atom. The summed E-state index contributed by atoms with van der Waals surface area (Å²) < 4.78 is 0. The van der Waals surface area contributed by atoms with Gasteiger partial charge in [0, 0.05) is 0 Å². The molecule has 1 aliphatic rings. The number of hydrogen-bond acceptors (Lipinski definition) is 0. The van der Waals surface area contributed by atoms with E-state index in [0.717, 1.165) is 11.8 Å². The van der Waals surface area contributed by atoms with Crippen molar-refractivity contribution in [3.63, 3.8) is 0 Å². The third-order valence-electron chi connectivity index (χ3n) is 10.1. The molecule has 0 heterocycles. The summed E-state index contributed by atoms with van der Waals surface area (Å²) in [5.41, 5.74) is 19.1. The summed E-state index contributed by atoms with van der Waals surface area (Å²) in [4.78, 5) is 0. The number of aryl methyl sites for hydroxylation is 3. The van der Waals surface area contributed by atoms with E-state index in [1.54, 1.807) is 0 Å². The molecule has 0 N–H and O–H groups in total. The van der Waals surface area contributed by atoms with Crippen molar-refractivity contribution in [1.82, 2.24) is 0 Å². The number of hydrogen-bond donors (Lipinski definition) is 0. The van der Waals surface area contributed by atoms with Gasteiger partial charge in [0.25, 0.3) is 0 Å². The maximum atomic E-state index is 2.39. The summed E-state index contributed by atoms with van der Waals surface area (Å²) >= 11 is 0. The Kier molecular flexibility index (Phi) is 9.90. The minimum absolute atomic E-state index is 0.790. The highest BCUT2D eigenvalue weighted by atomic mass is 14.2. The summed E-state index contributed by atoms with van der Waals surface area (Å²) in [7, 11) is 0. The van der Waals surface area contributed by atoms with Gasteiger partial charge >= 0.3 is 0 Å². The lowest BCUT2D eigenvalue weighted by Gasteiger charge is -2.26. The largest absolute Gasteiger partial charge is 0.0625 e. The van der Waals surface area contributed by atoms with Gasteiger partial charge in [-0.1, -0.05) is 134 Å². The fraction of sp³-hybridized carbons (Fsp3) is 0.318. The van der Waals surface area contributed by atoms with E-state index >= 15 is 0 Å². The first-order chi connectivity index (χ1) is 21.1. The lowest BCUT2D eigenvalue weighted by Crippen LogP contribution is -2.10. The molecule has 0 amide bonds. The van der Waals surface area contributed by atoms with Crippen LogP contribution < -0.4 is 0 Å². The topological polar surface area (TPSA) is 0 Å². The third-order valence-corrected chi connectivity index (χ3v) is 10.1. The molecule has 0 unspecified atom stereocenters. The highest BCUT2D eigenvalue weighted by Crippen LogP contribution is 2.39. The first kappa shape index (κ1) is 31.5. The van der Waals surface area contributed by atoms with Gasteiger partial charge in [0.2, 0.25) is 0 Å². The third kappa shape index (κ3) is 7.07. The van der Waals surface area contributed by atoms with Gasteiger partial charge in [-0.3, -0.25) is 0 Å². The molecule has 1 aliphatic carbocycles. The molecule has 5 aromatic carbocycles. The summed E-state index contributed by atoms with van der Waals surface area (Å²) in [6.07, 6.45) is 5.52. The molecule has 0 saturated heterocycles. The molecule has 0 radical (unpaired) electrons. The SMILES string of the molecule is Cc1ccc(-c2c(C)c(C)c(-c3ccc(C)cc3)c(C)c2C)cc1.Cc1ccc(-c2ccc(C3CCC(C)CC3)cc2)cc1. The Bertz CT molecular complexity index is 1570. The van der Waals surface area contributed by atoms with E-state index in [1.165, 1.54) is 104 Å². The van der Waals surface area contributed by atoms with E-state index in [9.17, 15) is 0 Å². The maximum absolute atomic E-state index is 2.39. The van der Waals surface area contributed by atoms with Crippen LogP contribution in [-0.4, -0.2) is 0 Å². The van der Waals surface area contributed by atoms with Crippen LogP contribution in [0.5, 0.6) is 0 Å². The minimum atomic E-state index is 0.790. The van der Waals surface area contributed by atoms with Crippen LogP contribution in [0.3, 0.4) is 0 Å². The normalized spacial score (nSPS) is 16.3. The van der Waals surface area contributed by atoms with Gasteiger partial charge in [-0.25, -0.2) is 0 Å². The fourth-order valence-electron chi connectivity index (χ4n) is 6.91. The van der Waals surface area contributed by atoms with Gasteiger partial charge in [-0.2, -0.15) is 0 Å². The summed E-state index contributed by atoms with van der Waals surface area (Å²) in [6.45, 7) is 17.8. The second-order valence-corrected chi connectivity index (χ2v) is 13.4. The predicted octanol–water partition coefficient (Wildman–Crippen LogP) is 12.8. The fourth-order valence-corrected chi connectivity index (χ4v) is 6.91. The number of benzene rings is 5. The van der Waals surface area contributed by atoms with Crippen molar-refractivity contribution in [2.24, 2.45) is 5.92 Å². The summed E-state index contributed by atoms with van der Waals surface area (Å²) in [6, 6.07) is 35.9. The van der Waals surface area contributed by atoms with Crippen molar-refractivity contribution >= 4 is 0 Å². The van der Waals surface area contributed by atoms with Crippen molar-refractivity contribution in [3.8, 4) is 33.4 Å².